The molecule has 0 fully saturated rings. The van der Waals surface area contributed by atoms with E-state index in [-0.39, 0.29) is 22.8 Å². The Bertz CT molecular complexity index is 1250. The van der Waals surface area contributed by atoms with Crippen molar-refractivity contribution in [3.63, 3.8) is 0 Å². The first-order valence-electron chi connectivity index (χ1n) is 9.04. The van der Waals surface area contributed by atoms with Crippen molar-refractivity contribution in [1.29, 1.82) is 0 Å². The predicted octanol–water partition coefficient (Wildman–Crippen LogP) is 3.65. The normalized spacial score (nSPS) is 11.6. The summed E-state index contributed by atoms with van der Waals surface area (Å²) >= 11 is 0. The lowest BCUT2D eigenvalue weighted by atomic mass is 10.1. The van der Waals surface area contributed by atoms with Crippen LogP contribution >= 0.6 is 0 Å². The molecule has 0 radical (unpaired) electrons. The number of ketones is 1. The highest BCUT2D eigenvalue weighted by Crippen LogP contribution is 2.22. The van der Waals surface area contributed by atoms with E-state index < -0.39 is 0 Å². The van der Waals surface area contributed by atoms with Crippen molar-refractivity contribution < 1.29 is 9.32 Å². The molecule has 0 amide bonds. The zero-order chi connectivity index (χ0) is 20.4. The van der Waals surface area contributed by atoms with E-state index in [0.717, 1.165) is 5.56 Å². The number of Topliss-reactive ketones (excluding diaryl/α,β-unsaturated/α-hetero) is 1. The number of rotatable bonds is 5. The number of aromatic nitrogens is 4. The first-order valence-corrected chi connectivity index (χ1v) is 9.04. The van der Waals surface area contributed by atoms with Crippen molar-refractivity contribution >= 4 is 17.4 Å². The number of carbonyl (C=O) groups excluding carboxylic acids is 1. The number of nitrogens with one attached hydrogen (secondary N) is 1. The molecule has 0 atom stereocenters. The third kappa shape index (κ3) is 3.58. The molecule has 2 heterocycles. The number of hydrogen-bond acceptors (Lipinski definition) is 5. The summed E-state index contributed by atoms with van der Waals surface area (Å²) in [7, 11) is 0. The smallest absolute Gasteiger partial charge is 0.278 e. The van der Waals surface area contributed by atoms with E-state index in [1.807, 2.05) is 60.7 Å². The van der Waals surface area contributed by atoms with Crippen LogP contribution in [-0.2, 0) is 4.79 Å². The topological polar surface area (TPSA) is 93.8 Å². The van der Waals surface area contributed by atoms with Crippen LogP contribution in [0.4, 0.5) is 0 Å². The second-order valence-corrected chi connectivity index (χ2v) is 6.53. The zero-order valence-electron chi connectivity index (χ0n) is 15.9. The molecule has 144 valence electrons. The molecular formula is C22H18N4O3. The van der Waals surface area contributed by atoms with Gasteiger partial charge in [-0.15, -0.1) is 0 Å². The van der Waals surface area contributed by atoms with Gasteiger partial charge in [-0.3, -0.25) is 14.7 Å². The van der Waals surface area contributed by atoms with Gasteiger partial charge in [0.2, 0.25) is 5.82 Å². The largest absolute Gasteiger partial charge is 0.333 e. The maximum Gasteiger partial charge on any atom is 0.278 e. The van der Waals surface area contributed by atoms with Gasteiger partial charge < -0.3 is 4.52 Å². The number of benzene rings is 2. The van der Waals surface area contributed by atoms with Gasteiger partial charge in [0.15, 0.2) is 5.78 Å². The van der Waals surface area contributed by atoms with Crippen LogP contribution in [0.3, 0.4) is 0 Å². The molecule has 7 nitrogen and oxygen atoms in total. The molecular weight excluding hydrogens is 368 g/mol. The van der Waals surface area contributed by atoms with E-state index >= 15 is 0 Å². The minimum absolute atomic E-state index is 0.0719. The fraction of sp³-hybridized carbons (Fsp3) is 0.0909. The molecule has 0 unspecified atom stereocenters. The highest BCUT2D eigenvalue weighted by atomic mass is 16.5. The quantitative estimate of drug-likeness (QED) is 0.528. The monoisotopic (exact) mass is 386 g/mol. The average molecular weight is 386 g/mol. The SMILES string of the molecule is CC(=O)/C(=C\c1c(C)[nH]n(-c2ccccc2)c1=O)c1nc(-c2ccccc2)no1. The number of aryl methyl sites for hydroxylation is 1. The Morgan fingerprint density at radius 1 is 1.07 bits per heavy atom. The minimum atomic E-state index is -0.278. The number of hydrogen-bond donors (Lipinski definition) is 1. The molecule has 0 aliphatic heterocycles. The summed E-state index contributed by atoms with van der Waals surface area (Å²) in [4.78, 5) is 29.5. The van der Waals surface area contributed by atoms with Crippen molar-refractivity contribution in [2.24, 2.45) is 0 Å². The van der Waals surface area contributed by atoms with Crippen LogP contribution in [0.1, 0.15) is 24.1 Å². The van der Waals surface area contributed by atoms with E-state index in [1.54, 1.807) is 6.92 Å². The van der Waals surface area contributed by atoms with E-state index in [1.165, 1.54) is 17.7 Å². The molecule has 1 N–H and O–H groups in total. The lowest BCUT2D eigenvalue weighted by Gasteiger charge is -1.99. The second-order valence-electron chi connectivity index (χ2n) is 6.53. The lowest BCUT2D eigenvalue weighted by molar-refractivity contribution is -0.111. The first kappa shape index (κ1) is 18.4. The molecule has 0 bridgehead atoms. The molecule has 2 aromatic heterocycles. The molecule has 0 saturated carbocycles. The van der Waals surface area contributed by atoms with E-state index in [9.17, 15) is 9.59 Å². The Kier molecular flexibility index (Phi) is 4.78. The van der Waals surface area contributed by atoms with Crippen molar-refractivity contribution in [2.45, 2.75) is 13.8 Å². The van der Waals surface area contributed by atoms with Crippen LogP contribution in [0.25, 0.3) is 28.7 Å². The molecule has 0 saturated heterocycles. The maximum atomic E-state index is 12.9. The fourth-order valence-corrected chi connectivity index (χ4v) is 2.98. The Balaban J connectivity index is 1.78. The fourth-order valence-electron chi connectivity index (χ4n) is 2.98. The van der Waals surface area contributed by atoms with Crippen molar-refractivity contribution in [2.75, 3.05) is 0 Å². The van der Waals surface area contributed by atoms with Crippen LogP contribution in [0.2, 0.25) is 0 Å². The number of carbonyl (C=O) groups is 1. The Hall–Kier alpha value is -4.00. The summed E-state index contributed by atoms with van der Waals surface area (Å²) in [6.07, 6.45) is 1.50. The van der Waals surface area contributed by atoms with Gasteiger partial charge in [0.05, 0.1) is 16.8 Å². The number of allylic oxidation sites excluding steroid dienone is 1. The molecule has 7 heteroatoms. The average Bonchev–Trinajstić information content (AvgIpc) is 3.33. The van der Waals surface area contributed by atoms with Gasteiger partial charge >= 0.3 is 0 Å². The van der Waals surface area contributed by atoms with Crippen LogP contribution in [0.15, 0.2) is 70.0 Å². The van der Waals surface area contributed by atoms with Gasteiger partial charge in [-0.25, -0.2) is 4.68 Å². The standard InChI is InChI=1S/C22H18N4O3/c1-14-18(22(28)26(24-14)17-11-7-4-8-12-17)13-19(15(2)27)21-23-20(25-29-21)16-9-5-3-6-10-16/h3-13,24H,1-2H3/b19-13+. The van der Waals surface area contributed by atoms with E-state index in [0.29, 0.717) is 22.8 Å². The Labute approximate surface area is 166 Å². The van der Waals surface area contributed by atoms with Crippen molar-refractivity contribution in [1.82, 2.24) is 19.9 Å². The van der Waals surface area contributed by atoms with Gasteiger partial charge in [0.1, 0.15) is 0 Å². The van der Waals surface area contributed by atoms with Crippen LogP contribution in [0.5, 0.6) is 0 Å². The van der Waals surface area contributed by atoms with Crippen molar-refractivity contribution in [3.05, 3.63) is 88.2 Å². The molecule has 4 rings (SSSR count). The highest BCUT2D eigenvalue weighted by molar-refractivity contribution is 6.23. The molecule has 0 aliphatic rings. The van der Waals surface area contributed by atoms with Crippen molar-refractivity contribution in [3.8, 4) is 17.1 Å². The summed E-state index contributed by atoms with van der Waals surface area (Å²) in [6, 6.07) is 18.5. The number of nitrogens with zero attached hydrogens (tertiary/aromatic N) is 3. The maximum absolute atomic E-state index is 12.9. The van der Waals surface area contributed by atoms with Crippen LogP contribution in [0, 0.1) is 6.92 Å². The van der Waals surface area contributed by atoms with E-state index in [4.69, 9.17) is 4.52 Å². The summed E-state index contributed by atoms with van der Waals surface area (Å²) in [5.41, 5.74) is 2.37. The van der Waals surface area contributed by atoms with Gasteiger partial charge in [-0.2, -0.15) is 4.98 Å². The first-order chi connectivity index (χ1) is 14.0. The summed E-state index contributed by atoms with van der Waals surface area (Å²) < 4.78 is 6.75. The van der Waals surface area contributed by atoms with Gasteiger partial charge in [0, 0.05) is 11.3 Å². The zero-order valence-corrected chi connectivity index (χ0v) is 15.9. The van der Waals surface area contributed by atoms with E-state index in [2.05, 4.69) is 15.2 Å². The summed E-state index contributed by atoms with van der Waals surface area (Å²) in [6.45, 7) is 3.17. The summed E-state index contributed by atoms with van der Waals surface area (Å²) in [5, 5.41) is 7.00. The number of para-hydroxylation sites is 1. The molecule has 0 aliphatic carbocycles. The number of H-pyrrole nitrogens is 1. The van der Waals surface area contributed by atoms with Crippen LogP contribution in [-0.4, -0.2) is 25.7 Å². The minimum Gasteiger partial charge on any atom is -0.333 e. The molecule has 2 aromatic carbocycles. The Morgan fingerprint density at radius 3 is 2.38 bits per heavy atom. The highest BCUT2D eigenvalue weighted by Gasteiger charge is 2.19. The van der Waals surface area contributed by atoms with Gasteiger partial charge in [-0.05, 0) is 32.1 Å². The van der Waals surface area contributed by atoms with Gasteiger partial charge in [-0.1, -0.05) is 53.7 Å². The van der Waals surface area contributed by atoms with Gasteiger partial charge in [0.25, 0.3) is 11.4 Å². The molecule has 0 spiro atoms. The predicted molar refractivity (Wildman–Crippen MR) is 109 cm³/mol. The Morgan fingerprint density at radius 2 is 1.72 bits per heavy atom. The number of aromatic amines is 1. The molecule has 29 heavy (non-hydrogen) atoms. The third-order valence-electron chi connectivity index (χ3n) is 4.49. The summed E-state index contributed by atoms with van der Waals surface area (Å²) in [5.74, 6) is 0.169. The third-order valence-corrected chi connectivity index (χ3v) is 4.49. The lowest BCUT2D eigenvalue weighted by Crippen LogP contribution is -2.16. The molecule has 4 aromatic rings. The second kappa shape index (κ2) is 7.55. The van der Waals surface area contributed by atoms with Crippen LogP contribution < -0.4 is 5.56 Å².